The zero-order valence-electron chi connectivity index (χ0n) is 7.96. The first-order valence-corrected chi connectivity index (χ1v) is 5.18. The average molecular weight is 261 g/mol. The fourth-order valence-electron chi connectivity index (χ4n) is 1.15. The Kier molecular flexibility index (Phi) is 3.51. The van der Waals surface area contributed by atoms with E-state index < -0.39 is 5.91 Å². The molecule has 1 rings (SSSR count). The summed E-state index contributed by atoms with van der Waals surface area (Å²) in [4.78, 5) is 14.8. The summed E-state index contributed by atoms with van der Waals surface area (Å²) in [5.74, 6) is -0.267. The van der Waals surface area contributed by atoms with Crippen LogP contribution in [0.1, 0.15) is 30.3 Å². The van der Waals surface area contributed by atoms with Gasteiger partial charge >= 0.3 is 0 Å². The summed E-state index contributed by atoms with van der Waals surface area (Å²) in [5.41, 5.74) is 11.0. The SMILES string of the molecule is CCCCn1c(Br)nc(C(N)=O)c1N. The number of nitrogens with two attached hydrogens (primary N) is 2. The molecule has 5 nitrogen and oxygen atoms in total. The number of hydrogen-bond acceptors (Lipinski definition) is 3. The molecule has 4 N–H and O–H groups in total. The van der Waals surface area contributed by atoms with Crippen LogP contribution in [0.3, 0.4) is 0 Å². The minimum Gasteiger partial charge on any atom is -0.383 e. The van der Waals surface area contributed by atoms with E-state index in [1.807, 2.05) is 0 Å². The molecule has 0 saturated carbocycles. The van der Waals surface area contributed by atoms with Crippen LogP contribution in [0.15, 0.2) is 4.73 Å². The van der Waals surface area contributed by atoms with Crippen molar-refractivity contribution in [2.75, 3.05) is 5.73 Å². The molecule has 0 aliphatic heterocycles. The molecule has 0 radical (unpaired) electrons. The smallest absolute Gasteiger partial charge is 0.271 e. The van der Waals surface area contributed by atoms with Crippen LogP contribution in [0.25, 0.3) is 0 Å². The lowest BCUT2D eigenvalue weighted by atomic mass is 10.3. The van der Waals surface area contributed by atoms with Crippen molar-refractivity contribution in [1.82, 2.24) is 9.55 Å². The molecule has 1 aromatic heterocycles. The van der Waals surface area contributed by atoms with E-state index in [1.165, 1.54) is 0 Å². The molecule has 14 heavy (non-hydrogen) atoms. The average Bonchev–Trinajstić information content (AvgIpc) is 2.40. The number of carbonyl (C=O) groups is 1. The fraction of sp³-hybridized carbons (Fsp3) is 0.500. The topological polar surface area (TPSA) is 86.9 Å². The Bertz CT molecular complexity index is 347. The number of aromatic nitrogens is 2. The molecule has 0 aliphatic carbocycles. The molecule has 1 heterocycles. The number of rotatable bonds is 4. The molecule has 0 fully saturated rings. The van der Waals surface area contributed by atoms with Crippen molar-refractivity contribution in [3.8, 4) is 0 Å². The largest absolute Gasteiger partial charge is 0.383 e. The lowest BCUT2D eigenvalue weighted by Crippen LogP contribution is -2.14. The van der Waals surface area contributed by atoms with Crippen LogP contribution in [-0.2, 0) is 6.54 Å². The van der Waals surface area contributed by atoms with Crippen LogP contribution in [0, 0.1) is 0 Å². The van der Waals surface area contributed by atoms with Gasteiger partial charge in [-0.15, -0.1) is 0 Å². The highest BCUT2D eigenvalue weighted by molar-refractivity contribution is 9.10. The van der Waals surface area contributed by atoms with Crippen molar-refractivity contribution in [3.63, 3.8) is 0 Å². The number of carbonyl (C=O) groups excluding carboxylic acids is 1. The van der Waals surface area contributed by atoms with Gasteiger partial charge in [-0.05, 0) is 22.4 Å². The van der Waals surface area contributed by atoms with E-state index in [0.29, 0.717) is 10.6 Å². The molecule has 0 bridgehead atoms. The molecule has 0 aromatic carbocycles. The lowest BCUT2D eigenvalue weighted by Gasteiger charge is -2.04. The fourth-order valence-corrected chi connectivity index (χ4v) is 1.69. The van der Waals surface area contributed by atoms with Crippen molar-refractivity contribution >= 4 is 27.7 Å². The normalized spacial score (nSPS) is 10.4. The van der Waals surface area contributed by atoms with Gasteiger partial charge in [0.15, 0.2) is 10.4 Å². The number of unbranched alkanes of at least 4 members (excludes halogenated alkanes) is 1. The third-order valence-corrected chi connectivity index (χ3v) is 2.53. The summed E-state index contributed by atoms with van der Waals surface area (Å²) in [6.45, 7) is 2.82. The van der Waals surface area contributed by atoms with Crippen LogP contribution in [0.2, 0.25) is 0 Å². The summed E-state index contributed by atoms with van der Waals surface area (Å²) < 4.78 is 2.29. The van der Waals surface area contributed by atoms with E-state index in [2.05, 4.69) is 27.8 Å². The number of primary amides is 1. The summed E-state index contributed by atoms with van der Waals surface area (Å²) in [6.07, 6.45) is 2.04. The minimum absolute atomic E-state index is 0.132. The van der Waals surface area contributed by atoms with E-state index in [9.17, 15) is 4.79 Å². The highest BCUT2D eigenvalue weighted by Gasteiger charge is 2.16. The molecule has 0 saturated heterocycles. The molecule has 6 heteroatoms. The lowest BCUT2D eigenvalue weighted by molar-refractivity contribution is 0.0997. The maximum absolute atomic E-state index is 10.9. The predicted octanol–water partition coefficient (Wildman–Crippen LogP) is 1.13. The summed E-state index contributed by atoms with van der Waals surface area (Å²) in [7, 11) is 0. The zero-order chi connectivity index (χ0) is 10.7. The van der Waals surface area contributed by atoms with Crippen molar-refractivity contribution in [3.05, 3.63) is 10.4 Å². The van der Waals surface area contributed by atoms with E-state index in [0.717, 1.165) is 19.4 Å². The first-order chi connectivity index (χ1) is 6.57. The van der Waals surface area contributed by atoms with Crippen molar-refractivity contribution in [2.24, 2.45) is 5.73 Å². The standard InChI is InChI=1S/C8H13BrN4O/c1-2-3-4-13-6(10)5(7(11)14)12-8(13)9/h2-4,10H2,1H3,(H2,11,14). The Morgan fingerprint density at radius 3 is 2.71 bits per heavy atom. The number of halogens is 1. The first kappa shape index (κ1) is 11.0. The third-order valence-electron chi connectivity index (χ3n) is 1.93. The van der Waals surface area contributed by atoms with Gasteiger partial charge in [-0.25, -0.2) is 4.98 Å². The summed E-state index contributed by atoms with van der Waals surface area (Å²) in [5, 5.41) is 0. The molecule has 1 aromatic rings. The van der Waals surface area contributed by atoms with E-state index in [-0.39, 0.29) is 5.69 Å². The zero-order valence-corrected chi connectivity index (χ0v) is 9.54. The Balaban J connectivity index is 2.99. The maximum atomic E-state index is 10.9. The van der Waals surface area contributed by atoms with Crippen LogP contribution in [-0.4, -0.2) is 15.5 Å². The van der Waals surface area contributed by atoms with Gasteiger partial charge in [0.05, 0.1) is 0 Å². The number of hydrogen-bond donors (Lipinski definition) is 2. The second-order valence-electron chi connectivity index (χ2n) is 2.98. The van der Waals surface area contributed by atoms with Crippen molar-refractivity contribution in [1.29, 1.82) is 0 Å². The van der Waals surface area contributed by atoms with Gasteiger partial charge in [0.1, 0.15) is 5.82 Å². The van der Waals surface area contributed by atoms with Gasteiger partial charge < -0.3 is 16.0 Å². The number of imidazole rings is 1. The van der Waals surface area contributed by atoms with E-state index in [4.69, 9.17) is 11.5 Å². The third kappa shape index (κ3) is 2.06. The molecule has 0 unspecified atom stereocenters. The van der Waals surface area contributed by atoms with Gasteiger partial charge in [0.2, 0.25) is 0 Å². The van der Waals surface area contributed by atoms with Gasteiger partial charge in [-0.3, -0.25) is 4.79 Å². The van der Waals surface area contributed by atoms with E-state index >= 15 is 0 Å². The molecule has 0 atom stereocenters. The first-order valence-electron chi connectivity index (χ1n) is 4.39. The maximum Gasteiger partial charge on any atom is 0.271 e. The summed E-state index contributed by atoms with van der Waals surface area (Å²) >= 11 is 3.23. The Morgan fingerprint density at radius 1 is 1.64 bits per heavy atom. The quantitative estimate of drug-likeness (QED) is 0.851. The minimum atomic E-state index is -0.599. The van der Waals surface area contributed by atoms with Crippen LogP contribution in [0.4, 0.5) is 5.82 Å². The molecule has 0 spiro atoms. The summed E-state index contributed by atoms with van der Waals surface area (Å²) in [6, 6.07) is 0. The Labute approximate surface area is 90.6 Å². The van der Waals surface area contributed by atoms with Gasteiger partial charge in [-0.2, -0.15) is 0 Å². The Hall–Kier alpha value is -1.04. The van der Waals surface area contributed by atoms with Gasteiger partial charge in [0.25, 0.3) is 5.91 Å². The van der Waals surface area contributed by atoms with Crippen molar-refractivity contribution < 1.29 is 4.79 Å². The number of nitrogen functional groups attached to an aromatic ring is 1. The van der Waals surface area contributed by atoms with Crippen LogP contribution >= 0.6 is 15.9 Å². The second-order valence-corrected chi connectivity index (χ2v) is 3.69. The second kappa shape index (κ2) is 4.45. The number of anilines is 1. The van der Waals surface area contributed by atoms with Crippen LogP contribution < -0.4 is 11.5 Å². The Morgan fingerprint density at radius 2 is 2.29 bits per heavy atom. The highest BCUT2D eigenvalue weighted by atomic mass is 79.9. The van der Waals surface area contributed by atoms with Crippen LogP contribution in [0.5, 0.6) is 0 Å². The predicted molar refractivity (Wildman–Crippen MR) is 57.8 cm³/mol. The number of amides is 1. The highest BCUT2D eigenvalue weighted by Crippen LogP contribution is 2.19. The number of nitrogens with zero attached hydrogens (tertiary/aromatic N) is 2. The molecular formula is C8H13BrN4O. The van der Waals surface area contributed by atoms with Gasteiger partial charge in [-0.1, -0.05) is 13.3 Å². The molecule has 0 aliphatic rings. The molecular weight excluding hydrogens is 248 g/mol. The molecule has 1 amide bonds. The van der Waals surface area contributed by atoms with E-state index in [1.54, 1.807) is 4.57 Å². The van der Waals surface area contributed by atoms with Gasteiger partial charge in [0, 0.05) is 6.54 Å². The van der Waals surface area contributed by atoms with Crippen molar-refractivity contribution in [2.45, 2.75) is 26.3 Å². The monoisotopic (exact) mass is 260 g/mol. The molecule has 78 valence electrons.